The summed E-state index contributed by atoms with van der Waals surface area (Å²) in [5, 5.41) is 0. The average molecular weight is 897 g/mol. The van der Waals surface area contributed by atoms with E-state index in [1.54, 1.807) is 37.8 Å². The first-order valence-corrected chi connectivity index (χ1v) is 29.6. The average Bonchev–Trinajstić information content (AvgIpc) is 3.64. The molecular weight excluding hydrogens is 833 g/mol. The predicted octanol–water partition coefficient (Wildman–Crippen LogP) is 7.90. The first kappa shape index (κ1) is 46.0. The molecule has 0 N–H and O–H groups in total. The minimum atomic E-state index is -1.40. The number of hydrogen-bond donors (Lipinski definition) is 0. The lowest BCUT2D eigenvalue weighted by atomic mass is 9.93. The van der Waals surface area contributed by atoms with Crippen molar-refractivity contribution in [3.63, 3.8) is 0 Å². The Labute approximate surface area is 374 Å². The SMILES string of the molecule is C/C=C1/C[C@H]2C(=O)N(COCC[Si](C)(C)C)c3cc(OCCCOc4cc5c(cc4OC)C(=O)N4Cc6ccccc6CC4C(=O)N5COCC[Si](C)(C)C)c(C)cc3C(=O)N2C1. The van der Waals surface area contributed by atoms with Crippen LogP contribution in [0.1, 0.15) is 57.2 Å². The Hall–Kier alpha value is -4.97. The molecule has 1 unspecified atom stereocenters. The summed E-state index contributed by atoms with van der Waals surface area (Å²) >= 11 is 0. The van der Waals surface area contributed by atoms with Gasteiger partial charge in [0, 0.05) is 67.4 Å². The van der Waals surface area contributed by atoms with Gasteiger partial charge in [-0.1, -0.05) is 75.2 Å². The zero-order chi connectivity index (χ0) is 45.2. The molecule has 4 aliphatic heterocycles. The third-order valence-corrected chi connectivity index (χ3v) is 15.7. The second-order valence-electron chi connectivity index (χ2n) is 19.5. The topological polar surface area (TPSA) is 127 Å². The van der Waals surface area contributed by atoms with Crippen LogP contribution in [-0.4, -0.2) is 115 Å². The van der Waals surface area contributed by atoms with Crippen molar-refractivity contribution in [2.45, 2.75) is 103 Å². The summed E-state index contributed by atoms with van der Waals surface area (Å²) < 4.78 is 30.7. The Morgan fingerprint density at radius 1 is 0.651 bits per heavy atom. The Morgan fingerprint density at radius 3 is 1.75 bits per heavy atom. The van der Waals surface area contributed by atoms with E-state index < -0.39 is 28.2 Å². The second-order valence-corrected chi connectivity index (χ2v) is 30.7. The van der Waals surface area contributed by atoms with E-state index in [9.17, 15) is 19.2 Å². The molecule has 0 radical (unpaired) electrons. The molecule has 2 atom stereocenters. The molecule has 13 nitrogen and oxygen atoms in total. The molecule has 1 fully saturated rings. The zero-order valence-electron chi connectivity index (χ0n) is 38.5. The van der Waals surface area contributed by atoms with Crippen LogP contribution in [0, 0.1) is 6.92 Å². The van der Waals surface area contributed by atoms with E-state index in [1.165, 1.54) is 7.11 Å². The number of nitrogens with zero attached hydrogens (tertiary/aromatic N) is 4. The molecule has 4 aliphatic rings. The molecule has 7 rings (SSSR count). The number of aryl methyl sites for hydroxylation is 1. The van der Waals surface area contributed by atoms with Crippen molar-refractivity contribution in [1.29, 1.82) is 0 Å². The highest BCUT2D eigenvalue weighted by Gasteiger charge is 2.45. The third-order valence-electron chi connectivity index (χ3n) is 12.3. The smallest absolute Gasteiger partial charge is 0.257 e. The van der Waals surface area contributed by atoms with E-state index in [0.717, 1.165) is 34.4 Å². The quantitative estimate of drug-likeness (QED) is 0.0755. The number of methoxy groups -OCH3 is 1. The highest BCUT2D eigenvalue weighted by atomic mass is 28.3. The van der Waals surface area contributed by atoms with Gasteiger partial charge in [0.05, 0.1) is 42.8 Å². The molecule has 3 aromatic carbocycles. The van der Waals surface area contributed by atoms with Crippen molar-refractivity contribution in [3.05, 3.63) is 88.0 Å². The maximum atomic E-state index is 14.5. The summed E-state index contributed by atoms with van der Waals surface area (Å²) in [5.41, 5.74) is 5.62. The Bertz CT molecular complexity index is 2270. The van der Waals surface area contributed by atoms with Crippen LogP contribution in [0.15, 0.2) is 60.2 Å². The van der Waals surface area contributed by atoms with Gasteiger partial charge in [-0.3, -0.25) is 29.0 Å². The Morgan fingerprint density at radius 2 is 1.17 bits per heavy atom. The van der Waals surface area contributed by atoms with E-state index in [-0.39, 0.29) is 50.3 Å². The molecule has 0 bridgehead atoms. The number of benzene rings is 3. The van der Waals surface area contributed by atoms with Crippen LogP contribution in [0.3, 0.4) is 0 Å². The van der Waals surface area contributed by atoms with Gasteiger partial charge in [0.25, 0.3) is 23.6 Å². The summed E-state index contributed by atoms with van der Waals surface area (Å²) in [6.45, 7) is 19.9. The molecule has 0 saturated carbocycles. The minimum Gasteiger partial charge on any atom is -0.493 e. The number of carbonyl (C=O) groups excluding carboxylic acids is 4. The van der Waals surface area contributed by atoms with Crippen LogP contribution in [0.25, 0.3) is 0 Å². The van der Waals surface area contributed by atoms with Gasteiger partial charge in [-0.15, -0.1) is 0 Å². The maximum Gasteiger partial charge on any atom is 0.257 e. The van der Waals surface area contributed by atoms with E-state index >= 15 is 0 Å². The molecule has 0 spiro atoms. The summed E-state index contributed by atoms with van der Waals surface area (Å²) in [7, 11) is -1.24. The van der Waals surface area contributed by atoms with Gasteiger partial charge in [0.2, 0.25) is 0 Å². The van der Waals surface area contributed by atoms with Gasteiger partial charge < -0.3 is 33.5 Å². The molecule has 4 heterocycles. The van der Waals surface area contributed by atoms with Gasteiger partial charge in [0.1, 0.15) is 31.3 Å². The number of hydrogen-bond acceptors (Lipinski definition) is 9. The maximum absolute atomic E-state index is 14.5. The first-order chi connectivity index (χ1) is 30.0. The fourth-order valence-electron chi connectivity index (χ4n) is 8.46. The predicted molar refractivity (Wildman–Crippen MR) is 250 cm³/mol. The molecule has 4 amide bonds. The summed E-state index contributed by atoms with van der Waals surface area (Å²) in [5.74, 6) is 0.524. The van der Waals surface area contributed by atoms with Crippen LogP contribution in [-0.2, 0) is 32.0 Å². The largest absolute Gasteiger partial charge is 0.493 e. The van der Waals surface area contributed by atoms with Crippen molar-refractivity contribution in [2.75, 3.05) is 63.3 Å². The van der Waals surface area contributed by atoms with Crippen molar-refractivity contribution < 1.29 is 42.9 Å². The molecule has 0 aliphatic carbocycles. The lowest BCUT2D eigenvalue weighted by Gasteiger charge is -2.35. The standard InChI is InChI=1S/C48H64N4O9Si2/c1-10-33-23-40-47(55)51(30-58-18-20-62(4,5)6)38-26-42(32(2)22-36(38)45(53)49(40)28-33)60-16-13-17-61-44-27-39-37(25-43(44)57-3)46(54)50-29-35-15-12-11-14-34(35)24-41(50)48(56)52(39)31-59-19-21-63(7,8)9/h10-12,14-15,22,25-27,40-41H,13,16-21,23-24,28-31H2,1-9H3/b33-10-/t40-,41?/m0/s1. The third kappa shape index (κ3) is 10.2. The van der Waals surface area contributed by atoms with Crippen LogP contribution >= 0.6 is 0 Å². The molecule has 63 heavy (non-hydrogen) atoms. The lowest BCUT2D eigenvalue weighted by Crippen LogP contribution is -2.51. The molecule has 1 saturated heterocycles. The zero-order valence-corrected chi connectivity index (χ0v) is 40.5. The van der Waals surface area contributed by atoms with Gasteiger partial charge in [-0.05, 0) is 61.2 Å². The molecule has 338 valence electrons. The monoisotopic (exact) mass is 896 g/mol. The van der Waals surface area contributed by atoms with Crippen LogP contribution in [0.2, 0.25) is 51.4 Å². The van der Waals surface area contributed by atoms with Gasteiger partial charge in [0.15, 0.2) is 11.5 Å². The Kier molecular flexibility index (Phi) is 13.9. The van der Waals surface area contributed by atoms with Crippen LogP contribution in [0.5, 0.6) is 17.2 Å². The number of carbonyl (C=O) groups is 4. The van der Waals surface area contributed by atoms with Crippen molar-refractivity contribution in [2.24, 2.45) is 0 Å². The van der Waals surface area contributed by atoms with Gasteiger partial charge in [-0.25, -0.2) is 0 Å². The van der Waals surface area contributed by atoms with Crippen LogP contribution in [0.4, 0.5) is 11.4 Å². The highest BCUT2D eigenvalue weighted by Crippen LogP contribution is 2.41. The number of anilines is 2. The van der Waals surface area contributed by atoms with E-state index in [4.69, 9.17) is 23.7 Å². The van der Waals surface area contributed by atoms with E-state index in [0.29, 0.717) is 85.3 Å². The second kappa shape index (κ2) is 19.0. The molecule has 15 heteroatoms. The number of ether oxygens (including phenoxy) is 5. The van der Waals surface area contributed by atoms with Gasteiger partial charge >= 0.3 is 0 Å². The number of fused-ring (bicyclic) bond motifs is 5. The normalized spacial score (nSPS) is 19.3. The van der Waals surface area contributed by atoms with Crippen molar-refractivity contribution >= 4 is 51.2 Å². The van der Waals surface area contributed by atoms with Crippen molar-refractivity contribution in [3.8, 4) is 17.2 Å². The molecular formula is C48H64N4O9Si2. The number of amides is 4. The summed E-state index contributed by atoms with van der Waals surface area (Å²) in [6.07, 6.45) is 3.38. The first-order valence-electron chi connectivity index (χ1n) is 22.2. The van der Waals surface area contributed by atoms with Crippen LogP contribution < -0.4 is 24.0 Å². The number of allylic oxidation sites excluding steroid dienone is 1. The lowest BCUT2D eigenvalue weighted by molar-refractivity contribution is -0.124. The van der Waals surface area contributed by atoms with Crippen molar-refractivity contribution in [1.82, 2.24) is 9.80 Å². The summed E-state index contributed by atoms with van der Waals surface area (Å²) in [4.78, 5) is 63.6. The minimum absolute atomic E-state index is 0.00402. The summed E-state index contributed by atoms with van der Waals surface area (Å²) in [6, 6.07) is 15.6. The number of rotatable bonds is 17. The van der Waals surface area contributed by atoms with E-state index in [1.807, 2.05) is 50.3 Å². The molecule has 0 aromatic heterocycles. The van der Waals surface area contributed by atoms with E-state index in [2.05, 4.69) is 39.3 Å². The van der Waals surface area contributed by atoms with Gasteiger partial charge in [-0.2, -0.15) is 0 Å². The fourth-order valence-corrected chi connectivity index (χ4v) is 9.97. The Balaban J connectivity index is 1.08. The fraction of sp³-hybridized carbons (Fsp3) is 0.500. The highest BCUT2D eigenvalue weighted by molar-refractivity contribution is 6.76. The molecule has 3 aromatic rings.